The Balaban J connectivity index is 1.40. The van der Waals surface area contributed by atoms with Crippen molar-refractivity contribution in [3.05, 3.63) is 35.8 Å². The zero-order valence-corrected chi connectivity index (χ0v) is 16.8. The van der Waals surface area contributed by atoms with Crippen molar-refractivity contribution in [2.75, 3.05) is 45.0 Å². The number of rotatable bonds is 7. The monoisotopic (exact) mass is 389 g/mol. The van der Waals surface area contributed by atoms with Gasteiger partial charge in [0.05, 0.1) is 18.0 Å². The van der Waals surface area contributed by atoms with Crippen molar-refractivity contribution < 1.29 is 9.59 Å². The van der Waals surface area contributed by atoms with Gasteiger partial charge in [0.1, 0.15) is 5.65 Å². The van der Waals surface area contributed by atoms with Gasteiger partial charge in [-0.3, -0.25) is 14.5 Å². The van der Waals surface area contributed by atoms with Gasteiger partial charge in [0.2, 0.25) is 11.8 Å². The molecule has 1 fully saturated rings. The summed E-state index contributed by atoms with van der Waals surface area (Å²) >= 11 is 1.60. The van der Waals surface area contributed by atoms with Crippen LogP contribution in [0.1, 0.15) is 18.2 Å². The highest BCUT2D eigenvalue weighted by molar-refractivity contribution is 7.99. The molecule has 0 aromatic carbocycles. The van der Waals surface area contributed by atoms with Crippen LogP contribution in [0.25, 0.3) is 5.65 Å². The van der Waals surface area contributed by atoms with Crippen LogP contribution in [0.4, 0.5) is 0 Å². The quantitative estimate of drug-likeness (QED) is 0.770. The number of hydrogen-bond donors (Lipinski definition) is 1. The molecule has 0 spiro atoms. The van der Waals surface area contributed by atoms with Gasteiger partial charge in [-0.05, 0) is 25.5 Å². The summed E-state index contributed by atoms with van der Waals surface area (Å²) in [5, 5.41) is 2.81. The molecule has 7 nitrogen and oxygen atoms in total. The third-order valence-corrected chi connectivity index (χ3v) is 5.54. The number of fused-ring (bicyclic) bond motifs is 1. The summed E-state index contributed by atoms with van der Waals surface area (Å²) in [6.07, 6.45) is 4.09. The normalized spacial score (nSPS) is 15.3. The van der Waals surface area contributed by atoms with Gasteiger partial charge in [-0.25, -0.2) is 4.98 Å². The number of nitrogens with zero attached hydrogens (tertiary/aromatic N) is 4. The Kier molecular flexibility index (Phi) is 6.73. The van der Waals surface area contributed by atoms with Crippen molar-refractivity contribution in [2.24, 2.45) is 0 Å². The number of carbonyl (C=O) groups excluding carboxylic acids is 2. The number of hydrogen-bond acceptors (Lipinski definition) is 5. The fourth-order valence-corrected chi connectivity index (χ4v) is 3.98. The topological polar surface area (TPSA) is 70.0 Å². The van der Waals surface area contributed by atoms with Crippen LogP contribution in [-0.2, 0) is 15.3 Å². The molecular formula is C19H27N5O2S. The van der Waals surface area contributed by atoms with Crippen LogP contribution in [0.5, 0.6) is 0 Å². The number of nitrogens with one attached hydrogen (secondary N) is 1. The Morgan fingerprint density at radius 2 is 1.96 bits per heavy atom. The Bertz CT molecular complexity index is 798. The Morgan fingerprint density at radius 1 is 1.19 bits per heavy atom. The van der Waals surface area contributed by atoms with Gasteiger partial charge in [-0.1, -0.05) is 6.07 Å². The second kappa shape index (κ2) is 9.23. The minimum absolute atomic E-state index is 0.0514. The first kappa shape index (κ1) is 19.7. The number of thioether (sulfide) groups is 1. The molecule has 3 rings (SSSR count). The Hall–Kier alpha value is -2.06. The fourth-order valence-electron chi connectivity index (χ4n) is 3.17. The van der Waals surface area contributed by atoms with Crippen LogP contribution in [0, 0.1) is 6.92 Å². The summed E-state index contributed by atoms with van der Waals surface area (Å²) in [4.78, 5) is 32.6. The fraction of sp³-hybridized carbons (Fsp3) is 0.526. The Labute approximate surface area is 164 Å². The van der Waals surface area contributed by atoms with Crippen LogP contribution in [-0.4, -0.2) is 76.0 Å². The standard InChI is InChI=1S/C19H27N5O2S/c1-3-20-18(25)12-22-6-8-23(9-7-22)19(26)14-27-13-16-11-24-10-15(2)4-5-17(24)21-16/h4-5,10-11H,3,6-9,12-14H2,1-2H3,(H,20,25). The molecule has 2 amide bonds. The van der Waals surface area contributed by atoms with E-state index in [0.29, 0.717) is 31.9 Å². The maximum atomic E-state index is 12.4. The van der Waals surface area contributed by atoms with Crippen molar-refractivity contribution >= 4 is 29.2 Å². The molecule has 27 heavy (non-hydrogen) atoms. The molecule has 1 aliphatic rings. The van der Waals surface area contributed by atoms with E-state index in [4.69, 9.17) is 0 Å². The summed E-state index contributed by atoms with van der Waals surface area (Å²) in [5.74, 6) is 1.40. The van der Waals surface area contributed by atoms with E-state index >= 15 is 0 Å². The van der Waals surface area contributed by atoms with Crippen molar-refractivity contribution in [1.82, 2.24) is 24.5 Å². The lowest BCUT2D eigenvalue weighted by molar-refractivity contribution is -0.130. The van der Waals surface area contributed by atoms with Gasteiger partial charge < -0.3 is 14.6 Å². The number of pyridine rings is 1. The first-order chi connectivity index (χ1) is 13.0. The first-order valence-electron chi connectivity index (χ1n) is 9.34. The van der Waals surface area contributed by atoms with Gasteiger partial charge in [0.15, 0.2) is 0 Å². The van der Waals surface area contributed by atoms with E-state index in [1.54, 1.807) is 11.8 Å². The highest BCUT2D eigenvalue weighted by Crippen LogP contribution is 2.15. The molecular weight excluding hydrogens is 362 g/mol. The second-order valence-corrected chi connectivity index (χ2v) is 7.79. The smallest absolute Gasteiger partial charge is 0.234 e. The zero-order chi connectivity index (χ0) is 19.2. The van der Waals surface area contributed by atoms with Crippen LogP contribution in [0.3, 0.4) is 0 Å². The number of amides is 2. The summed E-state index contributed by atoms with van der Waals surface area (Å²) in [6, 6.07) is 4.06. The summed E-state index contributed by atoms with van der Waals surface area (Å²) in [5.41, 5.74) is 3.12. The molecule has 0 aliphatic carbocycles. The molecule has 1 saturated heterocycles. The van der Waals surface area contributed by atoms with Gasteiger partial charge in [-0.2, -0.15) is 0 Å². The molecule has 2 aromatic rings. The lowest BCUT2D eigenvalue weighted by atomic mass is 10.3. The number of aromatic nitrogens is 2. The van der Waals surface area contributed by atoms with Crippen molar-refractivity contribution in [3.63, 3.8) is 0 Å². The molecule has 0 unspecified atom stereocenters. The lowest BCUT2D eigenvalue weighted by Gasteiger charge is -2.34. The third-order valence-electron chi connectivity index (χ3n) is 4.59. The predicted molar refractivity (Wildman–Crippen MR) is 108 cm³/mol. The highest BCUT2D eigenvalue weighted by Gasteiger charge is 2.22. The summed E-state index contributed by atoms with van der Waals surface area (Å²) in [6.45, 7) is 7.91. The molecule has 3 heterocycles. The average Bonchev–Trinajstić information content (AvgIpc) is 3.04. The molecule has 0 atom stereocenters. The Morgan fingerprint density at radius 3 is 2.70 bits per heavy atom. The first-order valence-corrected chi connectivity index (χ1v) is 10.5. The maximum absolute atomic E-state index is 12.4. The molecule has 2 aromatic heterocycles. The number of aryl methyl sites for hydroxylation is 1. The van der Waals surface area contributed by atoms with E-state index in [2.05, 4.69) is 28.3 Å². The molecule has 0 radical (unpaired) electrons. The molecule has 1 N–H and O–H groups in total. The van der Waals surface area contributed by atoms with E-state index in [-0.39, 0.29) is 11.8 Å². The molecule has 0 saturated carbocycles. The maximum Gasteiger partial charge on any atom is 0.234 e. The van der Waals surface area contributed by atoms with Crippen LogP contribution in [0.2, 0.25) is 0 Å². The second-order valence-electron chi connectivity index (χ2n) is 6.81. The van der Waals surface area contributed by atoms with E-state index in [1.807, 2.05) is 34.6 Å². The SMILES string of the molecule is CCNC(=O)CN1CCN(C(=O)CSCc2cn3cc(C)ccc3n2)CC1. The van der Waals surface area contributed by atoms with E-state index in [0.717, 1.165) is 30.2 Å². The summed E-state index contributed by atoms with van der Waals surface area (Å²) < 4.78 is 2.03. The number of likely N-dealkylation sites (N-methyl/N-ethyl adjacent to an activating group) is 1. The van der Waals surface area contributed by atoms with Gasteiger partial charge in [0.25, 0.3) is 0 Å². The number of carbonyl (C=O) groups is 2. The molecule has 1 aliphatic heterocycles. The van der Waals surface area contributed by atoms with E-state index in [9.17, 15) is 9.59 Å². The van der Waals surface area contributed by atoms with Gasteiger partial charge in [0, 0.05) is 50.9 Å². The minimum Gasteiger partial charge on any atom is -0.355 e. The van der Waals surface area contributed by atoms with Crippen molar-refractivity contribution in [2.45, 2.75) is 19.6 Å². The van der Waals surface area contributed by atoms with Gasteiger partial charge in [-0.15, -0.1) is 11.8 Å². The zero-order valence-electron chi connectivity index (χ0n) is 16.0. The van der Waals surface area contributed by atoms with Crippen molar-refractivity contribution in [3.8, 4) is 0 Å². The average molecular weight is 390 g/mol. The highest BCUT2D eigenvalue weighted by atomic mass is 32.2. The molecule has 8 heteroatoms. The van der Waals surface area contributed by atoms with E-state index < -0.39 is 0 Å². The third kappa shape index (κ3) is 5.46. The predicted octanol–water partition coefficient (Wildman–Crippen LogP) is 1.16. The minimum atomic E-state index is 0.0514. The van der Waals surface area contributed by atoms with Crippen LogP contribution in [0.15, 0.2) is 24.5 Å². The van der Waals surface area contributed by atoms with Crippen LogP contribution >= 0.6 is 11.8 Å². The lowest BCUT2D eigenvalue weighted by Crippen LogP contribution is -2.51. The van der Waals surface area contributed by atoms with Crippen molar-refractivity contribution in [1.29, 1.82) is 0 Å². The van der Waals surface area contributed by atoms with E-state index in [1.165, 1.54) is 5.56 Å². The van der Waals surface area contributed by atoms with Crippen LogP contribution < -0.4 is 5.32 Å². The van der Waals surface area contributed by atoms with Gasteiger partial charge >= 0.3 is 0 Å². The molecule has 0 bridgehead atoms. The molecule has 146 valence electrons. The number of imidazole rings is 1. The summed E-state index contributed by atoms with van der Waals surface area (Å²) in [7, 11) is 0. The number of piperazine rings is 1. The largest absolute Gasteiger partial charge is 0.355 e.